The van der Waals surface area contributed by atoms with Crippen LogP contribution in [-0.4, -0.2) is 70.9 Å². The number of rotatable bonds is 8. The lowest BCUT2D eigenvalue weighted by molar-refractivity contribution is 0.241. The number of piperazine rings is 1. The van der Waals surface area contributed by atoms with Crippen LogP contribution in [0.15, 0.2) is 0 Å². The van der Waals surface area contributed by atoms with Gasteiger partial charge in [0.2, 0.25) is 10.0 Å². The normalized spacial score (nSPS) is 18.4. The van der Waals surface area contributed by atoms with Crippen molar-refractivity contribution in [3.05, 3.63) is 0 Å². The molecular formula is C11H26N4O2S. The first-order valence-electron chi connectivity index (χ1n) is 6.64. The Labute approximate surface area is 111 Å². The fraction of sp³-hybridized carbons (Fsp3) is 1.00. The molecule has 0 radical (unpaired) electrons. The Bertz CT molecular complexity index is 313. The van der Waals surface area contributed by atoms with E-state index in [4.69, 9.17) is 0 Å². The number of nitrogens with one attached hydrogen (secondary N) is 3. The zero-order valence-electron chi connectivity index (χ0n) is 11.4. The molecule has 1 rings (SSSR count). The summed E-state index contributed by atoms with van der Waals surface area (Å²) in [7, 11) is -3.11. The molecule has 108 valence electrons. The van der Waals surface area contributed by atoms with Crippen molar-refractivity contribution in [2.24, 2.45) is 0 Å². The molecule has 1 fully saturated rings. The summed E-state index contributed by atoms with van der Waals surface area (Å²) < 4.78 is 25.5. The van der Waals surface area contributed by atoms with Crippen LogP contribution < -0.4 is 15.4 Å². The highest BCUT2D eigenvalue weighted by Gasteiger charge is 2.14. The van der Waals surface area contributed by atoms with Gasteiger partial charge in [0.05, 0.1) is 5.25 Å². The largest absolute Gasteiger partial charge is 0.314 e. The second-order valence-corrected chi connectivity index (χ2v) is 7.15. The topological polar surface area (TPSA) is 73.5 Å². The third kappa shape index (κ3) is 6.10. The minimum atomic E-state index is -3.11. The minimum absolute atomic E-state index is 0.363. The van der Waals surface area contributed by atoms with Crippen molar-refractivity contribution >= 4 is 10.0 Å². The molecule has 0 aliphatic carbocycles. The lowest BCUT2D eigenvalue weighted by atomic mass is 10.3. The van der Waals surface area contributed by atoms with Gasteiger partial charge in [-0.25, -0.2) is 13.1 Å². The lowest BCUT2D eigenvalue weighted by Gasteiger charge is -2.27. The number of hydrogen-bond donors (Lipinski definition) is 3. The fourth-order valence-corrected chi connectivity index (χ4v) is 2.47. The van der Waals surface area contributed by atoms with Gasteiger partial charge in [0, 0.05) is 52.4 Å². The predicted octanol–water partition coefficient (Wildman–Crippen LogP) is -1.19. The van der Waals surface area contributed by atoms with Gasteiger partial charge in [0.15, 0.2) is 0 Å². The van der Waals surface area contributed by atoms with Gasteiger partial charge >= 0.3 is 0 Å². The van der Waals surface area contributed by atoms with Crippen LogP contribution in [0.1, 0.15) is 13.8 Å². The molecule has 1 aliphatic rings. The quantitative estimate of drug-likeness (QED) is 0.487. The number of sulfonamides is 1. The maximum atomic E-state index is 11.5. The van der Waals surface area contributed by atoms with Crippen molar-refractivity contribution in [3.63, 3.8) is 0 Å². The van der Waals surface area contributed by atoms with Crippen LogP contribution in [-0.2, 0) is 10.0 Å². The van der Waals surface area contributed by atoms with Crippen LogP contribution in [0.2, 0.25) is 0 Å². The molecule has 0 atom stereocenters. The Hall–Kier alpha value is -0.210. The van der Waals surface area contributed by atoms with Crippen LogP contribution in [0.4, 0.5) is 0 Å². The number of hydrogen-bond acceptors (Lipinski definition) is 5. The van der Waals surface area contributed by atoms with Crippen LogP contribution in [0.5, 0.6) is 0 Å². The Morgan fingerprint density at radius 1 is 1.17 bits per heavy atom. The first-order valence-corrected chi connectivity index (χ1v) is 8.19. The molecule has 0 spiro atoms. The first kappa shape index (κ1) is 15.8. The van der Waals surface area contributed by atoms with E-state index in [1.165, 1.54) is 0 Å². The first-order chi connectivity index (χ1) is 8.52. The highest BCUT2D eigenvalue weighted by atomic mass is 32.2. The molecule has 0 saturated carbocycles. The van der Waals surface area contributed by atoms with E-state index < -0.39 is 10.0 Å². The van der Waals surface area contributed by atoms with Crippen molar-refractivity contribution in [1.29, 1.82) is 0 Å². The highest BCUT2D eigenvalue weighted by molar-refractivity contribution is 7.90. The third-order valence-electron chi connectivity index (χ3n) is 3.04. The van der Waals surface area contributed by atoms with Gasteiger partial charge in [-0.1, -0.05) is 0 Å². The monoisotopic (exact) mass is 278 g/mol. The SMILES string of the molecule is CC(C)S(=O)(=O)NCCNCCN1CCNCC1. The van der Waals surface area contributed by atoms with E-state index in [-0.39, 0.29) is 5.25 Å². The fourth-order valence-electron chi connectivity index (χ4n) is 1.75. The minimum Gasteiger partial charge on any atom is -0.314 e. The Balaban J connectivity index is 1.98. The second-order valence-electron chi connectivity index (χ2n) is 4.83. The summed E-state index contributed by atoms with van der Waals surface area (Å²) in [6.07, 6.45) is 0. The van der Waals surface area contributed by atoms with E-state index in [0.717, 1.165) is 39.3 Å². The molecular weight excluding hydrogens is 252 g/mol. The molecule has 1 heterocycles. The van der Waals surface area contributed by atoms with Gasteiger partial charge in [-0.05, 0) is 13.8 Å². The van der Waals surface area contributed by atoms with E-state index in [1.54, 1.807) is 13.8 Å². The summed E-state index contributed by atoms with van der Waals surface area (Å²) in [4.78, 5) is 2.40. The zero-order valence-corrected chi connectivity index (χ0v) is 12.2. The average Bonchev–Trinajstić information content (AvgIpc) is 2.34. The molecule has 0 aromatic rings. The molecule has 0 aromatic carbocycles. The summed E-state index contributed by atoms with van der Waals surface area (Å²) in [5.41, 5.74) is 0. The molecule has 1 saturated heterocycles. The molecule has 7 heteroatoms. The van der Waals surface area contributed by atoms with E-state index in [9.17, 15) is 8.42 Å². The average molecular weight is 278 g/mol. The Kier molecular flexibility index (Phi) is 7.10. The van der Waals surface area contributed by atoms with Crippen molar-refractivity contribution < 1.29 is 8.42 Å². The molecule has 0 aromatic heterocycles. The summed E-state index contributed by atoms with van der Waals surface area (Å²) in [6.45, 7) is 10.8. The molecule has 6 nitrogen and oxygen atoms in total. The van der Waals surface area contributed by atoms with Crippen molar-refractivity contribution in [2.45, 2.75) is 19.1 Å². The zero-order chi connectivity index (χ0) is 13.4. The van der Waals surface area contributed by atoms with Gasteiger partial charge in [-0.3, -0.25) is 4.90 Å². The van der Waals surface area contributed by atoms with E-state index in [2.05, 4.69) is 20.3 Å². The van der Waals surface area contributed by atoms with Crippen LogP contribution >= 0.6 is 0 Å². The van der Waals surface area contributed by atoms with Gasteiger partial charge in [0.1, 0.15) is 0 Å². The molecule has 18 heavy (non-hydrogen) atoms. The lowest BCUT2D eigenvalue weighted by Crippen LogP contribution is -2.46. The summed E-state index contributed by atoms with van der Waals surface area (Å²) in [6, 6.07) is 0. The third-order valence-corrected chi connectivity index (χ3v) is 4.89. The number of nitrogens with zero attached hydrogens (tertiary/aromatic N) is 1. The van der Waals surface area contributed by atoms with Gasteiger partial charge < -0.3 is 10.6 Å². The standard InChI is InChI=1S/C11H26N4O2S/c1-11(2)18(16,17)14-4-3-12-5-8-15-9-6-13-7-10-15/h11-14H,3-10H2,1-2H3. The maximum Gasteiger partial charge on any atom is 0.213 e. The van der Waals surface area contributed by atoms with Gasteiger partial charge in [-0.2, -0.15) is 0 Å². The van der Waals surface area contributed by atoms with E-state index in [1.807, 2.05) is 0 Å². The smallest absolute Gasteiger partial charge is 0.213 e. The van der Waals surface area contributed by atoms with E-state index in [0.29, 0.717) is 13.1 Å². The van der Waals surface area contributed by atoms with Gasteiger partial charge in [-0.15, -0.1) is 0 Å². The van der Waals surface area contributed by atoms with Crippen LogP contribution in [0.25, 0.3) is 0 Å². The Morgan fingerprint density at radius 3 is 2.44 bits per heavy atom. The van der Waals surface area contributed by atoms with Crippen molar-refractivity contribution in [1.82, 2.24) is 20.3 Å². The van der Waals surface area contributed by atoms with Crippen LogP contribution in [0.3, 0.4) is 0 Å². The molecule has 1 aliphatic heterocycles. The molecule has 0 bridgehead atoms. The van der Waals surface area contributed by atoms with Crippen molar-refractivity contribution in [3.8, 4) is 0 Å². The molecule has 0 amide bonds. The maximum absolute atomic E-state index is 11.5. The second kappa shape index (κ2) is 8.06. The van der Waals surface area contributed by atoms with Crippen molar-refractivity contribution in [2.75, 3.05) is 52.4 Å². The van der Waals surface area contributed by atoms with E-state index >= 15 is 0 Å². The van der Waals surface area contributed by atoms with Crippen LogP contribution in [0, 0.1) is 0 Å². The molecule has 0 unspecified atom stereocenters. The summed E-state index contributed by atoms with van der Waals surface area (Å²) in [5.74, 6) is 0. The predicted molar refractivity (Wildman–Crippen MR) is 74.2 cm³/mol. The van der Waals surface area contributed by atoms with Gasteiger partial charge in [0.25, 0.3) is 0 Å². The summed E-state index contributed by atoms with van der Waals surface area (Å²) in [5, 5.41) is 6.21. The highest BCUT2D eigenvalue weighted by Crippen LogP contribution is 1.94. The Morgan fingerprint density at radius 2 is 1.83 bits per heavy atom. The molecule has 3 N–H and O–H groups in total. The summed E-state index contributed by atoms with van der Waals surface area (Å²) >= 11 is 0.